The fourth-order valence-corrected chi connectivity index (χ4v) is 1.63. The number of rotatable bonds is 6. The summed E-state index contributed by atoms with van der Waals surface area (Å²) < 4.78 is 16.4. The smallest absolute Gasteiger partial charge is 0.203 e. The van der Waals surface area contributed by atoms with E-state index in [0.717, 1.165) is 12.0 Å². The maximum atomic E-state index is 9.20. The summed E-state index contributed by atoms with van der Waals surface area (Å²) in [6.45, 7) is 7.03. The Bertz CT molecular complexity index is 382. The second-order valence-corrected chi connectivity index (χ2v) is 5.65. The molecule has 0 bridgehead atoms. The van der Waals surface area contributed by atoms with Crippen LogP contribution in [0.25, 0.3) is 0 Å². The second-order valence-electron chi connectivity index (χ2n) is 5.65. The molecule has 0 heterocycles. The zero-order valence-electron chi connectivity index (χ0n) is 12.4. The molecule has 1 aromatic carbocycles. The van der Waals surface area contributed by atoms with Crippen molar-refractivity contribution in [2.45, 2.75) is 33.8 Å². The SMILES string of the molecule is COc1cc(CO)cc(OC)c1OCCC(C)(C)C. The van der Waals surface area contributed by atoms with Gasteiger partial charge < -0.3 is 19.3 Å². The molecule has 108 valence electrons. The lowest BCUT2D eigenvalue weighted by atomic mass is 9.93. The van der Waals surface area contributed by atoms with Crippen LogP contribution in [0.1, 0.15) is 32.8 Å². The van der Waals surface area contributed by atoms with Gasteiger partial charge in [-0.15, -0.1) is 0 Å². The molecule has 1 N–H and O–H groups in total. The first kappa shape index (κ1) is 15.6. The van der Waals surface area contributed by atoms with Crippen LogP contribution in [0.15, 0.2) is 12.1 Å². The van der Waals surface area contributed by atoms with Crippen LogP contribution in [0.2, 0.25) is 0 Å². The zero-order chi connectivity index (χ0) is 14.5. The molecule has 4 heteroatoms. The molecule has 0 saturated carbocycles. The maximum Gasteiger partial charge on any atom is 0.203 e. The van der Waals surface area contributed by atoms with E-state index in [-0.39, 0.29) is 12.0 Å². The molecule has 0 fully saturated rings. The predicted octanol–water partition coefficient (Wildman–Crippen LogP) is 3.01. The van der Waals surface area contributed by atoms with Gasteiger partial charge in [0, 0.05) is 0 Å². The van der Waals surface area contributed by atoms with Gasteiger partial charge in [-0.05, 0) is 29.5 Å². The van der Waals surface area contributed by atoms with Gasteiger partial charge in [0.15, 0.2) is 11.5 Å². The highest BCUT2D eigenvalue weighted by Crippen LogP contribution is 2.39. The summed E-state index contributed by atoms with van der Waals surface area (Å²) in [6.07, 6.45) is 0.932. The van der Waals surface area contributed by atoms with Gasteiger partial charge in [-0.25, -0.2) is 0 Å². The normalized spacial score (nSPS) is 11.3. The first-order valence-corrected chi connectivity index (χ1v) is 6.40. The summed E-state index contributed by atoms with van der Waals surface area (Å²) in [7, 11) is 3.15. The first-order chi connectivity index (χ1) is 8.91. The van der Waals surface area contributed by atoms with E-state index in [4.69, 9.17) is 14.2 Å². The van der Waals surface area contributed by atoms with Crippen LogP contribution in [-0.4, -0.2) is 25.9 Å². The van der Waals surface area contributed by atoms with Crippen LogP contribution in [0, 0.1) is 5.41 Å². The number of methoxy groups -OCH3 is 2. The fourth-order valence-electron chi connectivity index (χ4n) is 1.63. The molecule has 0 aliphatic rings. The molecule has 0 atom stereocenters. The van der Waals surface area contributed by atoms with Gasteiger partial charge >= 0.3 is 0 Å². The molecule has 0 radical (unpaired) electrons. The minimum atomic E-state index is -0.0605. The molecule has 0 aliphatic carbocycles. The predicted molar refractivity (Wildman–Crippen MR) is 75.0 cm³/mol. The Balaban J connectivity index is 2.91. The lowest BCUT2D eigenvalue weighted by molar-refractivity contribution is 0.224. The topological polar surface area (TPSA) is 47.9 Å². The number of hydrogen-bond donors (Lipinski definition) is 1. The monoisotopic (exact) mass is 268 g/mol. The highest BCUT2D eigenvalue weighted by Gasteiger charge is 2.16. The standard InChI is InChI=1S/C15H24O4/c1-15(2,3)6-7-19-14-12(17-4)8-11(10-16)9-13(14)18-5/h8-9,16H,6-7,10H2,1-5H3. The van der Waals surface area contributed by atoms with Crippen molar-refractivity contribution in [3.63, 3.8) is 0 Å². The van der Waals surface area contributed by atoms with Crippen LogP contribution in [0.5, 0.6) is 17.2 Å². The summed E-state index contributed by atoms with van der Waals surface area (Å²) in [5.41, 5.74) is 0.947. The van der Waals surface area contributed by atoms with Crippen molar-refractivity contribution in [2.24, 2.45) is 5.41 Å². The summed E-state index contributed by atoms with van der Waals surface area (Å²) in [5, 5.41) is 9.20. The van der Waals surface area contributed by atoms with Crippen LogP contribution in [-0.2, 0) is 6.61 Å². The summed E-state index contributed by atoms with van der Waals surface area (Å²) in [4.78, 5) is 0. The molecule has 0 aromatic heterocycles. The first-order valence-electron chi connectivity index (χ1n) is 6.40. The van der Waals surface area contributed by atoms with Crippen molar-refractivity contribution in [3.8, 4) is 17.2 Å². The third-order valence-electron chi connectivity index (χ3n) is 2.80. The van der Waals surface area contributed by atoms with Crippen LogP contribution in [0.3, 0.4) is 0 Å². The summed E-state index contributed by atoms with van der Waals surface area (Å²) >= 11 is 0. The molecular weight excluding hydrogens is 244 g/mol. The molecular formula is C15H24O4. The van der Waals surface area contributed by atoms with E-state index in [1.165, 1.54) is 0 Å². The molecule has 0 amide bonds. The minimum Gasteiger partial charge on any atom is -0.493 e. The Morgan fingerprint density at radius 3 is 1.95 bits per heavy atom. The van der Waals surface area contributed by atoms with Crippen LogP contribution < -0.4 is 14.2 Å². The lowest BCUT2D eigenvalue weighted by Crippen LogP contribution is -2.12. The zero-order valence-corrected chi connectivity index (χ0v) is 12.4. The molecule has 0 unspecified atom stereocenters. The van der Waals surface area contributed by atoms with Gasteiger partial charge in [-0.3, -0.25) is 0 Å². The summed E-state index contributed by atoms with van der Waals surface area (Å²) in [6, 6.07) is 3.52. The van der Waals surface area contributed by atoms with Crippen LogP contribution in [0.4, 0.5) is 0 Å². The van der Waals surface area contributed by atoms with Crippen molar-refractivity contribution in [3.05, 3.63) is 17.7 Å². The molecule has 1 rings (SSSR count). The van der Waals surface area contributed by atoms with Crippen LogP contribution >= 0.6 is 0 Å². The van der Waals surface area contributed by atoms with Gasteiger partial charge in [0.1, 0.15) is 0 Å². The van der Waals surface area contributed by atoms with Gasteiger partial charge in [-0.1, -0.05) is 20.8 Å². The van der Waals surface area contributed by atoms with Gasteiger partial charge in [0.25, 0.3) is 0 Å². The Hall–Kier alpha value is -1.42. The molecule has 1 aromatic rings. The molecule has 0 spiro atoms. The van der Waals surface area contributed by atoms with Crippen molar-refractivity contribution in [1.82, 2.24) is 0 Å². The van der Waals surface area contributed by atoms with Crippen molar-refractivity contribution < 1.29 is 19.3 Å². The van der Waals surface area contributed by atoms with Crippen molar-refractivity contribution >= 4 is 0 Å². The molecule has 0 aliphatic heterocycles. The van der Waals surface area contributed by atoms with E-state index in [1.54, 1.807) is 26.4 Å². The number of ether oxygens (including phenoxy) is 3. The Kier molecular flexibility index (Phi) is 5.48. The fraction of sp³-hybridized carbons (Fsp3) is 0.600. The van der Waals surface area contributed by atoms with Gasteiger partial charge in [-0.2, -0.15) is 0 Å². The quantitative estimate of drug-likeness (QED) is 0.861. The van der Waals surface area contributed by atoms with Gasteiger partial charge in [0.2, 0.25) is 5.75 Å². The Morgan fingerprint density at radius 1 is 1.05 bits per heavy atom. The van der Waals surface area contributed by atoms with E-state index in [9.17, 15) is 5.11 Å². The minimum absolute atomic E-state index is 0.0605. The third-order valence-corrected chi connectivity index (χ3v) is 2.80. The average Bonchev–Trinajstić information content (AvgIpc) is 2.37. The highest BCUT2D eigenvalue weighted by atomic mass is 16.5. The third kappa shape index (κ3) is 4.63. The van der Waals surface area contributed by atoms with E-state index in [1.807, 2.05) is 0 Å². The lowest BCUT2D eigenvalue weighted by Gasteiger charge is -2.20. The highest BCUT2D eigenvalue weighted by molar-refractivity contribution is 5.53. The van der Waals surface area contributed by atoms with Crippen molar-refractivity contribution in [1.29, 1.82) is 0 Å². The van der Waals surface area contributed by atoms with E-state index in [0.29, 0.717) is 23.9 Å². The molecule has 19 heavy (non-hydrogen) atoms. The number of hydrogen-bond acceptors (Lipinski definition) is 4. The Morgan fingerprint density at radius 2 is 1.58 bits per heavy atom. The van der Waals surface area contributed by atoms with E-state index in [2.05, 4.69) is 20.8 Å². The van der Waals surface area contributed by atoms with Crippen molar-refractivity contribution in [2.75, 3.05) is 20.8 Å². The Labute approximate surface area is 115 Å². The molecule has 0 saturated heterocycles. The molecule has 4 nitrogen and oxygen atoms in total. The van der Waals surface area contributed by atoms with E-state index < -0.39 is 0 Å². The summed E-state index contributed by atoms with van der Waals surface area (Å²) in [5.74, 6) is 1.75. The van der Waals surface area contributed by atoms with Gasteiger partial charge in [0.05, 0.1) is 27.4 Å². The number of aliphatic hydroxyl groups is 1. The van der Waals surface area contributed by atoms with E-state index >= 15 is 0 Å². The largest absolute Gasteiger partial charge is 0.493 e. The number of aliphatic hydroxyl groups excluding tert-OH is 1. The second kappa shape index (κ2) is 6.66. The number of benzene rings is 1. The maximum absolute atomic E-state index is 9.20. The average molecular weight is 268 g/mol.